The van der Waals surface area contributed by atoms with Crippen molar-refractivity contribution in [2.24, 2.45) is 0 Å². The molecule has 76 valence electrons. The van der Waals surface area contributed by atoms with Gasteiger partial charge in [-0.3, -0.25) is 4.98 Å². The summed E-state index contributed by atoms with van der Waals surface area (Å²) < 4.78 is 5.07. The quantitative estimate of drug-likeness (QED) is 0.775. The van der Waals surface area contributed by atoms with Gasteiger partial charge in [-0.15, -0.1) is 0 Å². The average molecular weight is 204 g/mol. The molecule has 0 bridgehead atoms. The molecule has 0 saturated carbocycles. The number of aromatic nitrogens is 1. The second kappa shape index (κ2) is 3.45. The van der Waals surface area contributed by atoms with Crippen LogP contribution in [0.25, 0.3) is 11.5 Å². The Morgan fingerprint density at radius 2 is 2.20 bits per heavy atom. The average Bonchev–Trinajstić information content (AvgIpc) is 2.66. The number of nitrogens with two attached hydrogens (primary N) is 1. The minimum Gasteiger partial charge on any atom is -0.475 e. The van der Waals surface area contributed by atoms with E-state index in [2.05, 4.69) is 4.98 Å². The number of carbonyl (C=O) groups is 1. The van der Waals surface area contributed by atoms with Crippen LogP contribution in [0.5, 0.6) is 0 Å². The van der Waals surface area contributed by atoms with Crippen molar-refractivity contribution in [3.05, 3.63) is 36.2 Å². The zero-order valence-electron chi connectivity index (χ0n) is 7.68. The fraction of sp³-hybridized carbons (Fsp3) is 0. The van der Waals surface area contributed by atoms with Crippen LogP contribution in [-0.4, -0.2) is 16.1 Å². The molecule has 2 aromatic heterocycles. The highest BCUT2D eigenvalue weighted by atomic mass is 16.4. The molecule has 3 N–H and O–H groups in total. The molecule has 0 aliphatic carbocycles. The highest BCUT2D eigenvalue weighted by Gasteiger charge is 2.10. The van der Waals surface area contributed by atoms with Gasteiger partial charge in [-0.05, 0) is 24.3 Å². The maximum absolute atomic E-state index is 10.6. The van der Waals surface area contributed by atoms with Gasteiger partial charge in [0, 0.05) is 11.9 Å². The number of anilines is 1. The summed E-state index contributed by atoms with van der Waals surface area (Å²) in [5.41, 5.74) is 6.63. The third-order valence-electron chi connectivity index (χ3n) is 1.85. The minimum absolute atomic E-state index is 0.116. The summed E-state index contributed by atoms with van der Waals surface area (Å²) >= 11 is 0. The topological polar surface area (TPSA) is 89.3 Å². The Morgan fingerprint density at radius 1 is 1.40 bits per heavy atom. The lowest BCUT2D eigenvalue weighted by Crippen LogP contribution is -1.92. The van der Waals surface area contributed by atoms with Crippen LogP contribution in [-0.2, 0) is 0 Å². The largest absolute Gasteiger partial charge is 0.475 e. The molecule has 0 unspecified atom stereocenters. The normalized spacial score (nSPS) is 10.1. The molecule has 2 rings (SSSR count). The van der Waals surface area contributed by atoms with Gasteiger partial charge in [-0.2, -0.15) is 0 Å². The van der Waals surface area contributed by atoms with Crippen molar-refractivity contribution in [2.75, 3.05) is 5.73 Å². The molecule has 0 aromatic carbocycles. The number of nitrogen functional groups attached to an aromatic ring is 1. The van der Waals surface area contributed by atoms with Gasteiger partial charge in [0.2, 0.25) is 5.76 Å². The zero-order chi connectivity index (χ0) is 10.8. The van der Waals surface area contributed by atoms with E-state index in [0.717, 1.165) is 0 Å². The van der Waals surface area contributed by atoms with Crippen molar-refractivity contribution in [2.45, 2.75) is 0 Å². The molecule has 2 aromatic rings. The number of furan rings is 1. The van der Waals surface area contributed by atoms with Gasteiger partial charge in [0.15, 0.2) is 5.76 Å². The molecule has 0 aliphatic heterocycles. The highest BCUT2D eigenvalue weighted by Crippen LogP contribution is 2.21. The monoisotopic (exact) mass is 204 g/mol. The van der Waals surface area contributed by atoms with Crippen LogP contribution in [0, 0.1) is 0 Å². The predicted molar refractivity (Wildman–Crippen MR) is 53.3 cm³/mol. The summed E-state index contributed by atoms with van der Waals surface area (Å²) in [4.78, 5) is 14.6. The lowest BCUT2D eigenvalue weighted by atomic mass is 10.3. The Kier molecular flexibility index (Phi) is 2.13. The van der Waals surface area contributed by atoms with Gasteiger partial charge in [0.1, 0.15) is 5.69 Å². The number of pyridine rings is 1. The van der Waals surface area contributed by atoms with Crippen LogP contribution in [0.15, 0.2) is 34.9 Å². The van der Waals surface area contributed by atoms with Gasteiger partial charge < -0.3 is 15.3 Å². The molecular weight excluding hydrogens is 196 g/mol. The van der Waals surface area contributed by atoms with Crippen LogP contribution >= 0.6 is 0 Å². The molecule has 15 heavy (non-hydrogen) atoms. The molecule has 0 aliphatic rings. The first-order chi connectivity index (χ1) is 7.16. The molecule has 0 spiro atoms. The molecule has 0 amide bonds. The number of carboxylic acids is 1. The van der Waals surface area contributed by atoms with Crippen LogP contribution in [0.2, 0.25) is 0 Å². The van der Waals surface area contributed by atoms with E-state index in [9.17, 15) is 4.79 Å². The number of hydrogen-bond donors (Lipinski definition) is 2. The number of hydrogen-bond acceptors (Lipinski definition) is 4. The number of rotatable bonds is 2. The zero-order valence-corrected chi connectivity index (χ0v) is 7.68. The Bertz CT molecular complexity index is 505. The van der Waals surface area contributed by atoms with Crippen molar-refractivity contribution < 1.29 is 14.3 Å². The van der Waals surface area contributed by atoms with Crippen molar-refractivity contribution in [3.8, 4) is 11.5 Å². The molecule has 5 heteroatoms. The van der Waals surface area contributed by atoms with E-state index in [1.807, 2.05) is 0 Å². The van der Waals surface area contributed by atoms with E-state index in [4.69, 9.17) is 15.3 Å². The summed E-state index contributed by atoms with van der Waals surface area (Å²) in [5, 5.41) is 8.66. The van der Waals surface area contributed by atoms with Crippen LogP contribution in [0.1, 0.15) is 10.6 Å². The van der Waals surface area contributed by atoms with Gasteiger partial charge in [-0.25, -0.2) is 4.79 Å². The first-order valence-electron chi connectivity index (χ1n) is 4.22. The van der Waals surface area contributed by atoms with E-state index < -0.39 is 5.97 Å². The van der Waals surface area contributed by atoms with Crippen LogP contribution in [0.4, 0.5) is 5.69 Å². The summed E-state index contributed by atoms with van der Waals surface area (Å²) in [6.07, 6.45) is 1.54. The maximum Gasteiger partial charge on any atom is 0.371 e. The smallest absolute Gasteiger partial charge is 0.371 e. The highest BCUT2D eigenvalue weighted by molar-refractivity contribution is 5.85. The predicted octanol–water partition coefficient (Wildman–Crippen LogP) is 1.62. The van der Waals surface area contributed by atoms with Gasteiger partial charge in [0.25, 0.3) is 0 Å². The lowest BCUT2D eigenvalue weighted by molar-refractivity contribution is 0.0663. The SMILES string of the molecule is Nc1ccnc(-c2ccc(C(=O)O)o2)c1. The summed E-state index contributed by atoms with van der Waals surface area (Å²) in [6, 6.07) is 6.18. The third kappa shape index (κ3) is 1.80. The lowest BCUT2D eigenvalue weighted by Gasteiger charge is -1.96. The molecule has 5 nitrogen and oxygen atoms in total. The Balaban J connectivity index is 2.41. The van der Waals surface area contributed by atoms with Crippen LogP contribution < -0.4 is 5.73 Å². The molecule has 0 radical (unpaired) electrons. The third-order valence-corrected chi connectivity index (χ3v) is 1.85. The summed E-state index contributed by atoms with van der Waals surface area (Å²) in [7, 11) is 0. The van der Waals surface area contributed by atoms with Gasteiger partial charge in [-0.1, -0.05) is 0 Å². The number of aromatic carboxylic acids is 1. The first kappa shape index (κ1) is 9.26. The van der Waals surface area contributed by atoms with E-state index in [1.165, 1.54) is 12.3 Å². The fourth-order valence-electron chi connectivity index (χ4n) is 1.17. The van der Waals surface area contributed by atoms with E-state index in [0.29, 0.717) is 17.1 Å². The van der Waals surface area contributed by atoms with Gasteiger partial charge in [0.05, 0.1) is 0 Å². The van der Waals surface area contributed by atoms with E-state index in [1.54, 1.807) is 18.2 Å². The fourth-order valence-corrected chi connectivity index (χ4v) is 1.17. The van der Waals surface area contributed by atoms with Gasteiger partial charge >= 0.3 is 5.97 Å². The van der Waals surface area contributed by atoms with Crippen molar-refractivity contribution in [1.82, 2.24) is 4.98 Å². The Morgan fingerprint density at radius 3 is 2.80 bits per heavy atom. The van der Waals surface area contributed by atoms with Crippen molar-refractivity contribution in [1.29, 1.82) is 0 Å². The summed E-state index contributed by atoms with van der Waals surface area (Å²) in [6.45, 7) is 0. The van der Waals surface area contributed by atoms with E-state index in [-0.39, 0.29) is 5.76 Å². The standard InChI is InChI=1S/C10H8N2O3/c11-6-3-4-12-7(5-6)8-1-2-9(15-8)10(13)14/h1-5H,(H2,11,12)(H,13,14). The second-order valence-electron chi connectivity index (χ2n) is 2.94. The second-order valence-corrected chi connectivity index (χ2v) is 2.94. The minimum atomic E-state index is -1.11. The van der Waals surface area contributed by atoms with E-state index >= 15 is 0 Å². The molecule has 0 saturated heterocycles. The van der Waals surface area contributed by atoms with Crippen LogP contribution in [0.3, 0.4) is 0 Å². The van der Waals surface area contributed by atoms with Crippen molar-refractivity contribution in [3.63, 3.8) is 0 Å². The molecular formula is C10H8N2O3. The molecule has 0 fully saturated rings. The van der Waals surface area contributed by atoms with Crippen molar-refractivity contribution >= 4 is 11.7 Å². The molecule has 2 heterocycles. The molecule has 0 atom stereocenters. The maximum atomic E-state index is 10.6. The first-order valence-corrected chi connectivity index (χ1v) is 4.22. The Labute approximate surface area is 85.2 Å². The summed E-state index contributed by atoms with van der Waals surface area (Å²) in [5.74, 6) is -0.834. The Hall–Kier alpha value is -2.30. The number of nitrogens with zero attached hydrogens (tertiary/aromatic N) is 1. The number of carboxylic acid groups (broad SMARTS) is 1.